The highest BCUT2D eigenvalue weighted by molar-refractivity contribution is 8.16. The van der Waals surface area contributed by atoms with Crippen molar-refractivity contribution in [2.45, 2.75) is 11.0 Å². The van der Waals surface area contributed by atoms with Gasteiger partial charge in [0.1, 0.15) is 10.9 Å². The fraction of sp³-hybridized carbons (Fsp3) is 0.222. The van der Waals surface area contributed by atoms with Crippen molar-refractivity contribution in [2.24, 2.45) is 0 Å². The van der Waals surface area contributed by atoms with Crippen LogP contribution in [-0.2, 0) is 4.79 Å². The van der Waals surface area contributed by atoms with Crippen LogP contribution < -0.4 is 4.74 Å². The van der Waals surface area contributed by atoms with E-state index in [-0.39, 0.29) is 4.58 Å². The summed E-state index contributed by atoms with van der Waals surface area (Å²) < 4.78 is 5.78. The molecule has 1 fully saturated rings. The van der Waals surface area contributed by atoms with Gasteiger partial charge in [0.25, 0.3) is 0 Å². The first-order valence-corrected chi connectivity index (χ1v) is 10.5. The Balaban J connectivity index is 1.74. The summed E-state index contributed by atoms with van der Waals surface area (Å²) in [4.78, 5) is 16.1. The summed E-state index contributed by atoms with van der Waals surface area (Å²) in [6.07, 6.45) is 5.81. The van der Waals surface area contributed by atoms with Crippen molar-refractivity contribution in [3.63, 3.8) is 0 Å². The largest absolute Gasteiger partial charge is 0.423 e. The van der Waals surface area contributed by atoms with Crippen LogP contribution in [0.15, 0.2) is 42.6 Å². The average molecular weight is 412 g/mol. The van der Waals surface area contributed by atoms with Crippen molar-refractivity contribution in [1.82, 2.24) is 4.98 Å². The van der Waals surface area contributed by atoms with Gasteiger partial charge in [0.2, 0.25) is 0 Å². The van der Waals surface area contributed by atoms with Crippen LogP contribution in [-0.4, -0.2) is 22.5 Å². The third kappa shape index (κ3) is 5.42. The third-order valence-corrected chi connectivity index (χ3v) is 6.85. The summed E-state index contributed by atoms with van der Waals surface area (Å²) >= 11 is 15.7. The first kappa shape index (κ1) is 18.6. The monoisotopic (exact) mass is 411 g/mol. The van der Waals surface area contributed by atoms with Crippen LogP contribution in [0.4, 0.5) is 0 Å². The molecule has 0 radical (unpaired) electrons. The molecule has 0 amide bonds. The van der Waals surface area contributed by atoms with Crippen molar-refractivity contribution in [3.8, 4) is 5.75 Å². The van der Waals surface area contributed by atoms with E-state index in [0.717, 1.165) is 22.6 Å². The molecular weight excluding hydrogens is 397 g/mol. The van der Waals surface area contributed by atoms with Gasteiger partial charge in [-0.2, -0.15) is 0 Å². The van der Waals surface area contributed by atoms with E-state index in [2.05, 4.69) is 4.98 Å². The number of rotatable bonds is 4. The molecule has 0 spiro atoms. The summed E-state index contributed by atoms with van der Waals surface area (Å²) in [5.74, 6) is 2.31. The van der Waals surface area contributed by atoms with Crippen LogP contribution in [0, 0.1) is 0 Å². The van der Waals surface area contributed by atoms with E-state index in [9.17, 15) is 4.79 Å². The zero-order valence-corrected chi connectivity index (χ0v) is 16.3. The quantitative estimate of drug-likeness (QED) is 0.272. The topological polar surface area (TPSA) is 39.2 Å². The summed E-state index contributed by atoms with van der Waals surface area (Å²) in [6.45, 7) is 0. The molecule has 0 aliphatic carbocycles. The maximum atomic E-state index is 12.2. The number of nitrogens with zero attached hydrogens (tertiary/aromatic N) is 1. The molecule has 2 heterocycles. The number of thioether (sulfide) groups is 2. The van der Waals surface area contributed by atoms with Crippen LogP contribution in [0.5, 0.6) is 5.75 Å². The number of benzene rings is 1. The normalized spacial score (nSPS) is 15.4. The predicted molar refractivity (Wildman–Crippen MR) is 108 cm³/mol. The van der Waals surface area contributed by atoms with Crippen LogP contribution >= 0.6 is 46.7 Å². The second-order valence-electron chi connectivity index (χ2n) is 5.28. The molecular formula is C18H15Cl2NO2S2. The average Bonchev–Trinajstić information content (AvgIpc) is 2.62. The van der Waals surface area contributed by atoms with Gasteiger partial charge in [-0.05, 0) is 59.9 Å². The smallest absolute Gasteiger partial charge is 0.336 e. The molecule has 1 aromatic carbocycles. The molecule has 0 bridgehead atoms. The Morgan fingerprint density at radius 3 is 2.76 bits per heavy atom. The Morgan fingerprint density at radius 1 is 1.20 bits per heavy atom. The molecule has 130 valence electrons. The van der Waals surface area contributed by atoms with E-state index in [1.165, 1.54) is 12.5 Å². The minimum Gasteiger partial charge on any atom is -0.423 e. The van der Waals surface area contributed by atoms with Gasteiger partial charge in [0.15, 0.2) is 0 Å². The highest BCUT2D eigenvalue weighted by Gasteiger charge is 2.21. The lowest BCUT2D eigenvalue weighted by Gasteiger charge is -2.23. The number of ether oxygens (including phenoxy) is 1. The highest BCUT2D eigenvalue weighted by Crippen LogP contribution is 2.47. The number of pyridine rings is 1. The van der Waals surface area contributed by atoms with E-state index in [0.29, 0.717) is 15.9 Å². The zero-order chi connectivity index (χ0) is 17.6. The first-order chi connectivity index (χ1) is 12.1. The van der Waals surface area contributed by atoms with E-state index >= 15 is 0 Å². The molecule has 7 heteroatoms. The molecule has 1 aromatic heterocycles. The molecule has 25 heavy (non-hydrogen) atoms. The minimum atomic E-state index is -0.442. The van der Waals surface area contributed by atoms with E-state index in [4.69, 9.17) is 27.9 Å². The van der Waals surface area contributed by atoms with Crippen molar-refractivity contribution < 1.29 is 9.53 Å². The summed E-state index contributed by atoms with van der Waals surface area (Å²) in [6, 6.07) is 8.81. The van der Waals surface area contributed by atoms with Crippen LogP contribution in [0.2, 0.25) is 10.2 Å². The molecule has 1 aliphatic heterocycles. The van der Waals surface area contributed by atoms with Crippen LogP contribution in [0.3, 0.4) is 0 Å². The summed E-state index contributed by atoms with van der Waals surface area (Å²) in [5.41, 5.74) is 1.74. The number of halogens is 2. The van der Waals surface area contributed by atoms with Gasteiger partial charge in [0.05, 0.1) is 4.58 Å². The number of carbonyl (C=O) groups is 1. The summed E-state index contributed by atoms with van der Waals surface area (Å²) in [7, 11) is 0. The second kappa shape index (κ2) is 8.99. The first-order valence-electron chi connectivity index (χ1n) is 7.66. The Labute approximate surface area is 165 Å². The van der Waals surface area contributed by atoms with Gasteiger partial charge in [-0.15, -0.1) is 23.5 Å². The van der Waals surface area contributed by atoms with Crippen LogP contribution in [0.1, 0.15) is 22.1 Å². The molecule has 0 N–H and O–H groups in total. The van der Waals surface area contributed by atoms with Gasteiger partial charge in [-0.3, -0.25) is 0 Å². The van der Waals surface area contributed by atoms with Gasteiger partial charge < -0.3 is 4.74 Å². The van der Waals surface area contributed by atoms with Gasteiger partial charge in [0, 0.05) is 22.9 Å². The zero-order valence-electron chi connectivity index (χ0n) is 13.2. The number of hydrogen-bond donors (Lipinski definition) is 0. The third-order valence-electron chi connectivity index (χ3n) is 3.43. The lowest BCUT2D eigenvalue weighted by atomic mass is 10.2. The van der Waals surface area contributed by atoms with Gasteiger partial charge in [-0.25, -0.2) is 9.78 Å². The van der Waals surface area contributed by atoms with Crippen molar-refractivity contribution in [2.75, 3.05) is 11.5 Å². The maximum Gasteiger partial charge on any atom is 0.336 e. The fourth-order valence-electron chi connectivity index (χ4n) is 2.29. The molecule has 1 saturated heterocycles. The molecule has 1 aliphatic rings. The van der Waals surface area contributed by atoms with Crippen molar-refractivity contribution in [3.05, 3.63) is 63.9 Å². The molecule has 3 rings (SSSR count). The highest BCUT2D eigenvalue weighted by atomic mass is 35.5. The fourth-order valence-corrected chi connectivity index (χ4v) is 5.58. The molecule has 2 aromatic rings. The minimum absolute atomic E-state index is 0.234. The number of esters is 1. The van der Waals surface area contributed by atoms with Crippen molar-refractivity contribution >= 4 is 58.8 Å². The maximum absolute atomic E-state index is 12.2. The molecule has 0 saturated carbocycles. The molecule has 3 nitrogen and oxygen atoms in total. The standard InChI is InChI=1S/C18H15Cl2NO2S2/c19-13-3-4-15(14(11-13)18-24-8-1-9-25-18)23-17(22)5-2-12-6-7-21-16(20)10-12/h2-7,10-11,18H,1,8-9H2/b5-2-. The van der Waals surface area contributed by atoms with Gasteiger partial charge >= 0.3 is 5.97 Å². The van der Waals surface area contributed by atoms with E-state index in [1.54, 1.807) is 36.5 Å². The molecule has 0 atom stereocenters. The Morgan fingerprint density at radius 2 is 2.00 bits per heavy atom. The summed E-state index contributed by atoms with van der Waals surface area (Å²) in [5, 5.41) is 1.02. The number of hydrogen-bond acceptors (Lipinski definition) is 5. The van der Waals surface area contributed by atoms with E-state index in [1.807, 2.05) is 29.6 Å². The Hall–Kier alpha value is -1.14. The van der Waals surface area contributed by atoms with Gasteiger partial charge in [-0.1, -0.05) is 23.2 Å². The van der Waals surface area contributed by atoms with Crippen molar-refractivity contribution in [1.29, 1.82) is 0 Å². The predicted octanol–water partition coefficient (Wildman–Crippen LogP) is 5.88. The second-order valence-corrected chi connectivity index (χ2v) is 8.82. The van der Waals surface area contributed by atoms with E-state index < -0.39 is 5.97 Å². The lowest BCUT2D eigenvalue weighted by molar-refractivity contribution is -0.128. The Kier molecular flexibility index (Phi) is 6.70. The Bertz CT molecular complexity index is 792. The lowest BCUT2D eigenvalue weighted by Crippen LogP contribution is -2.08. The number of carbonyl (C=O) groups excluding carboxylic acids is 1. The number of aromatic nitrogens is 1. The van der Waals surface area contributed by atoms with Crippen LogP contribution in [0.25, 0.3) is 6.08 Å². The SMILES string of the molecule is O=C(/C=C\c1ccnc(Cl)c1)Oc1ccc(Cl)cc1C1SCCCS1. The molecule has 0 unspecified atom stereocenters.